The second kappa shape index (κ2) is 6.92. The molecule has 2 aromatic carbocycles. The predicted octanol–water partition coefficient (Wildman–Crippen LogP) is 2.40. The van der Waals surface area contributed by atoms with Gasteiger partial charge in [0.25, 0.3) is 0 Å². The molecule has 0 bridgehead atoms. The first kappa shape index (κ1) is 17.2. The summed E-state index contributed by atoms with van der Waals surface area (Å²) >= 11 is 0. The molecule has 0 radical (unpaired) electrons. The van der Waals surface area contributed by atoms with Crippen LogP contribution in [0, 0.1) is 11.3 Å². The molecule has 0 aromatic heterocycles. The van der Waals surface area contributed by atoms with Gasteiger partial charge in [-0.25, -0.2) is 13.6 Å². The highest BCUT2D eigenvalue weighted by molar-refractivity contribution is 7.89. The van der Waals surface area contributed by atoms with Crippen LogP contribution in [0.3, 0.4) is 0 Å². The third kappa shape index (κ3) is 4.17. The minimum absolute atomic E-state index is 0.0246. The number of sulfonamides is 1. The number of nitriles is 1. The minimum atomic E-state index is -3.72. The van der Waals surface area contributed by atoms with E-state index in [0.717, 1.165) is 11.1 Å². The number of nitrogens with two attached hydrogens (primary N) is 1. The van der Waals surface area contributed by atoms with Crippen LogP contribution < -0.4 is 5.14 Å². The molecule has 0 saturated carbocycles. The molecule has 120 valence electrons. The van der Waals surface area contributed by atoms with Crippen molar-refractivity contribution >= 4 is 10.0 Å². The van der Waals surface area contributed by atoms with Gasteiger partial charge < -0.3 is 0 Å². The second-order valence-corrected chi connectivity index (χ2v) is 7.04. The molecule has 2 N–H and O–H groups in total. The van der Waals surface area contributed by atoms with Crippen LogP contribution in [-0.2, 0) is 16.6 Å². The summed E-state index contributed by atoms with van der Waals surface area (Å²) in [4.78, 5) is 2.16. The molecule has 0 unspecified atom stereocenters. The Morgan fingerprint density at radius 1 is 1.22 bits per heavy atom. The van der Waals surface area contributed by atoms with Gasteiger partial charge >= 0.3 is 0 Å². The average Bonchev–Trinajstić information content (AvgIpc) is 2.54. The molecular weight excluding hydrogens is 310 g/mol. The monoisotopic (exact) mass is 329 g/mol. The van der Waals surface area contributed by atoms with Crippen LogP contribution in [0.2, 0.25) is 0 Å². The summed E-state index contributed by atoms with van der Waals surface area (Å²) in [6.07, 6.45) is 0. The van der Waals surface area contributed by atoms with E-state index < -0.39 is 10.0 Å². The molecule has 0 fully saturated rings. The Kier molecular flexibility index (Phi) is 5.16. The smallest absolute Gasteiger partial charge is 0.238 e. The van der Waals surface area contributed by atoms with Gasteiger partial charge in [0.1, 0.15) is 0 Å². The van der Waals surface area contributed by atoms with Crippen LogP contribution in [0.5, 0.6) is 0 Å². The summed E-state index contributed by atoms with van der Waals surface area (Å²) in [5.74, 6) is 0. The highest BCUT2D eigenvalue weighted by Gasteiger charge is 2.16. The largest absolute Gasteiger partial charge is 0.295 e. The van der Waals surface area contributed by atoms with E-state index in [1.54, 1.807) is 18.2 Å². The molecule has 1 atom stereocenters. The molecule has 23 heavy (non-hydrogen) atoms. The molecule has 0 saturated heterocycles. The molecule has 0 aliphatic rings. The zero-order valence-electron chi connectivity index (χ0n) is 13.1. The first-order valence-corrected chi connectivity index (χ1v) is 8.68. The molecule has 2 aromatic rings. The van der Waals surface area contributed by atoms with E-state index in [1.807, 2.05) is 38.2 Å². The molecular formula is C17H19N3O2S. The Balaban J connectivity index is 2.23. The van der Waals surface area contributed by atoms with Crippen molar-refractivity contribution in [3.05, 3.63) is 65.2 Å². The lowest BCUT2D eigenvalue weighted by Gasteiger charge is -2.25. The highest BCUT2D eigenvalue weighted by atomic mass is 32.2. The Labute approximate surface area is 137 Å². The van der Waals surface area contributed by atoms with Crippen LogP contribution in [0.4, 0.5) is 0 Å². The zero-order chi connectivity index (χ0) is 17.0. The average molecular weight is 329 g/mol. The Morgan fingerprint density at radius 2 is 1.91 bits per heavy atom. The third-order valence-electron chi connectivity index (χ3n) is 3.89. The first-order chi connectivity index (χ1) is 10.8. The maximum atomic E-state index is 11.5. The number of benzene rings is 2. The van der Waals surface area contributed by atoms with Crippen molar-refractivity contribution in [3.63, 3.8) is 0 Å². The van der Waals surface area contributed by atoms with E-state index in [9.17, 15) is 8.42 Å². The quantitative estimate of drug-likeness (QED) is 0.912. The van der Waals surface area contributed by atoms with Gasteiger partial charge in [0.05, 0.1) is 16.5 Å². The molecule has 0 heterocycles. The number of rotatable bonds is 5. The van der Waals surface area contributed by atoms with E-state index in [1.165, 1.54) is 6.07 Å². The van der Waals surface area contributed by atoms with Crippen LogP contribution in [-0.4, -0.2) is 20.4 Å². The fourth-order valence-corrected chi connectivity index (χ4v) is 2.95. The van der Waals surface area contributed by atoms with E-state index >= 15 is 0 Å². The fourth-order valence-electron chi connectivity index (χ4n) is 2.38. The summed E-state index contributed by atoms with van der Waals surface area (Å²) < 4.78 is 23.0. The van der Waals surface area contributed by atoms with E-state index in [4.69, 9.17) is 10.4 Å². The topological polar surface area (TPSA) is 87.2 Å². The van der Waals surface area contributed by atoms with Crippen molar-refractivity contribution in [2.75, 3.05) is 7.05 Å². The lowest BCUT2D eigenvalue weighted by atomic mass is 10.0. The van der Waals surface area contributed by atoms with Crippen LogP contribution in [0.1, 0.15) is 29.7 Å². The Morgan fingerprint density at radius 3 is 2.57 bits per heavy atom. The Bertz CT molecular complexity index is 841. The van der Waals surface area contributed by atoms with Gasteiger partial charge in [-0.05, 0) is 43.3 Å². The summed E-state index contributed by atoms with van der Waals surface area (Å²) in [5.41, 5.74) is 2.44. The van der Waals surface area contributed by atoms with Crippen LogP contribution in [0.25, 0.3) is 0 Å². The molecule has 0 aliphatic heterocycles. The van der Waals surface area contributed by atoms with Gasteiger partial charge in [0.2, 0.25) is 10.0 Å². The van der Waals surface area contributed by atoms with Crippen molar-refractivity contribution in [2.45, 2.75) is 24.4 Å². The zero-order valence-corrected chi connectivity index (χ0v) is 13.9. The third-order valence-corrected chi connectivity index (χ3v) is 4.80. The first-order valence-electron chi connectivity index (χ1n) is 7.14. The summed E-state index contributed by atoms with van der Waals surface area (Å²) in [6.45, 7) is 2.57. The summed E-state index contributed by atoms with van der Waals surface area (Å²) in [5, 5.41) is 14.3. The van der Waals surface area contributed by atoms with Crippen molar-refractivity contribution < 1.29 is 8.42 Å². The lowest BCUT2D eigenvalue weighted by Crippen LogP contribution is -2.23. The number of hydrogen-bond donors (Lipinski definition) is 1. The summed E-state index contributed by atoms with van der Waals surface area (Å²) in [6, 6.07) is 16.2. The minimum Gasteiger partial charge on any atom is -0.295 e. The molecule has 0 amide bonds. The van der Waals surface area contributed by atoms with E-state index in [-0.39, 0.29) is 10.9 Å². The van der Waals surface area contributed by atoms with Crippen LogP contribution >= 0.6 is 0 Å². The van der Waals surface area contributed by atoms with Gasteiger partial charge in [0, 0.05) is 12.6 Å². The maximum absolute atomic E-state index is 11.5. The van der Waals surface area contributed by atoms with Gasteiger partial charge in [-0.1, -0.05) is 30.3 Å². The van der Waals surface area contributed by atoms with Crippen molar-refractivity contribution in [3.8, 4) is 6.07 Å². The molecule has 2 rings (SSSR count). The molecule has 5 nitrogen and oxygen atoms in total. The van der Waals surface area contributed by atoms with Gasteiger partial charge in [0.15, 0.2) is 0 Å². The van der Waals surface area contributed by atoms with Crippen molar-refractivity contribution in [1.29, 1.82) is 5.26 Å². The van der Waals surface area contributed by atoms with Crippen molar-refractivity contribution in [1.82, 2.24) is 4.90 Å². The fraction of sp³-hybridized carbons (Fsp3) is 0.235. The molecule has 0 aliphatic carbocycles. The number of hydrogen-bond acceptors (Lipinski definition) is 4. The van der Waals surface area contributed by atoms with E-state index in [2.05, 4.69) is 11.0 Å². The lowest BCUT2D eigenvalue weighted by molar-refractivity contribution is 0.252. The molecule has 6 heteroatoms. The normalized spacial score (nSPS) is 12.8. The predicted molar refractivity (Wildman–Crippen MR) is 88.9 cm³/mol. The number of nitrogens with zero attached hydrogens (tertiary/aromatic N) is 2. The highest BCUT2D eigenvalue weighted by Crippen LogP contribution is 2.23. The van der Waals surface area contributed by atoms with Gasteiger partial charge in [-0.15, -0.1) is 0 Å². The maximum Gasteiger partial charge on any atom is 0.238 e. The molecule has 0 spiro atoms. The van der Waals surface area contributed by atoms with Gasteiger partial charge in [-0.3, -0.25) is 4.90 Å². The van der Waals surface area contributed by atoms with Gasteiger partial charge in [-0.2, -0.15) is 5.26 Å². The van der Waals surface area contributed by atoms with Crippen molar-refractivity contribution in [2.24, 2.45) is 5.14 Å². The summed E-state index contributed by atoms with van der Waals surface area (Å²) in [7, 11) is -1.78. The van der Waals surface area contributed by atoms with Crippen LogP contribution in [0.15, 0.2) is 53.4 Å². The Hall–Kier alpha value is -2.20. The van der Waals surface area contributed by atoms with E-state index in [0.29, 0.717) is 12.1 Å². The standard InChI is InChI=1S/C17H19N3O2S/c1-13(14-8-5-9-17(10-14)23(19,21)22)20(2)12-16-7-4-3-6-15(16)11-18/h3-10,13H,12H2,1-2H3,(H2,19,21,22)/t13-/m0/s1. The number of primary sulfonamides is 1. The SMILES string of the molecule is C[C@@H](c1cccc(S(N)(=O)=O)c1)N(C)Cc1ccccc1C#N. The second-order valence-electron chi connectivity index (χ2n) is 5.48.